The van der Waals surface area contributed by atoms with E-state index in [4.69, 9.17) is 15.2 Å². The van der Waals surface area contributed by atoms with Crippen molar-refractivity contribution in [2.45, 2.75) is 97.6 Å². The number of allylic oxidation sites excluding steroid dienone is 8. The second-order valence-corrected chi connectivity index (χ2v) is 10.7. The first-order valence-electron chi connectivity index (χ1n) is 14.4. The molecule has 42 heavy (non-hydrogen) atoms. The Morgan fingerprint density at radius 2 is 1.86 bits per heavy atom. The number of ether oxygens (including phenoxy) is 2. The maximum Gasteiger partial charge on any atom is 0.404 e. The van der Waals surface area contributed by atoms with Crippen molar-refractivity contribution < 1.29 is 34.1 Å². The number of nitrogens with one attached hydrogen (secondary N) is 1. The van der Waals surface area contributed by atoms with Crippen LogP contribution in [0.2, 0.25) is 0 Å². The molecule has 1 aliphatic heterocycles. The van der Waals surface area contributed by atoms with Gasteiger partial charge in [-0.2, -0.15) is 0 Å². The molecule has 0 unspecified atom stereocenters. The van der Waals surface area contributed by atoms with Crippen molar-refractivity contribution in [3.05, 3.63) is 83.7 Å². The molecule has 0 aromatic carbocycles. The monoisotopic (exact) mass is 584 g/mol. The highest BCUT2D eigenvalue weighted by Gasteiger charge is 2.27. The summed E-state index contributed by atoms with van der Waals surface area (Å²) in [6.45, 7) is 9.58. The van der Waals surface area contributed by atoms with E-state index in [1.54, 1.807) is 24.4 Å². The molecule has 0 radical (unpaired) electrons. The molecule has 0 saturated heterocycles. The highest BCUT2D eigenvalue weighted by molar-refractivity contribution is 5.88. The van der Waals surface area contributed by atoms with Crippen molar-refractivity contribution in [2.24, 2.45) is 11.7 Å². The van der Waals surface area contributed by atoms with Gasteiger partial charge < -0.3 is 30.7 Å². The zero-order chi connectivity index (χ0) is 31.5. The lowest BCUT2D eigenvalue weighted by Crippen LogP contribution is -2.40. The van der Waals surface area contributed by atoms with Crippen molar-refractivity contribution in [1.29, 1.82) is 0 Å². The van der Waals surface area contributed by atoms with Gasteiger partial charge in [0.1, 0.15) is 24.4 Å². The summed E-state index contributed by atoms with van der Waals surface area (Å²) in [5.74, 6) is -0.755. The molecule has 5 atom stereocenters. The molecule has 0 fully saturated rings. The number of rotatable bonds is 6. The minimum atomic E-state index is -1.32. The van der Waals surface area contributed by atoms with Gasteiger partial charge in [0, 0.05) is 30.7 Å². The molecular formula is C33H48N2O7. The summed E-state index contributed by atoms with van der Waals surface area (Å²) in [5.41, 5.74) is 8.00. The number of hydrogen-bond acceptors (Lipinski definition) is 7. The summed E-state index contributed by atoms with van der Waals surface area (Å²) < 4.78 is 10.9. The van der Waals surface area contributed by atoms with Crippen LogP contribution in [0.5, 0.6) is 0 Å². The predicted octanol–water partition coefficient (Wildman–Crippen LogP) is 5.23. The minimum Gasteiger partial charge on any atom is -0.458 e. The van der Waals surface area contributed by atoms with E-state index in [1.165, 1.54) is 18.2 Å². The molecule has 1 heterocycles. The van der Waals surface area contributed by atoms with Crippen LogP contribution in [0.1, 0.15) is 73.1 Å². The Balaban J connectivity index is 3.06. The van der Waals surface area contributed by atoms with Gasteiger partial charge in [0.05, 0.1) is 0 Å². The number of esters is 1. The van der Waals surface area contributed by atoms with E-state index in [0.717, 1.165) is 16.7 Å². The summed E-state index contributed by atoms with van der Waals surface area (Å²) in [6, 6.07) is 0. The topological polar surface area (TPSA) is 148 Å². The van der Waals surface area contributed by atoms with Crippen molar-refractivity contribution >= 4 is 18.0 Å². The van der Waals surface area contributed by atoms with E-state index in [1.807, 2.05) is 58.9 Å². The molecule has 0 saturated carbocycles. The second kappa shape index (κ2) is 20.2. The lowest BCUT2D eigenvalue weighted by molar-refractivity contribution is -0.144. The van der Waals surface area contributed by atoms with Crippen molar-refractivity contribution in [1.82, 2.24) is 5.32 Å². The molecule has 0 aromatic rings. The molecule has 9 heteroatoms. The number of carbonyl (C=O) groups is 3. The van der Waals surface area contributed by atoms with E-state index in [2.05, 4.69) is 5.32 Å². The average molecular weight is 585 g/mol. The summed E-state index contributed by atoms with van der Waals surface area (Å²) in [7, 11) is 0. The smallest absolute Gasteiger partial charge is 0.404 e. The Morgan fingerprint density at radius 3 is 2.55 bits per heavy atom. The number of primary amides is 1. The zero-order valence-corrected chi connectivity index (χ0v) is 25.5. The number of amides is 2. The molecular weight excluding hydrogens is 536 g/mol. The lowest BCUT2D eigenvalue weighted by atomic mass is 9.95. The number of hydrogen-bond donors (Lipinski definition) is 4. The zero-order valence-electron chi connectivity index (χ0n) is 25.5. The Morgan fingerprint density at radius 1 is 1.14 bits per heavy atom. The Bertz CT molecular complexity index is 1090. The summed E-state index contributed by atoms with van der Waals surface area (Å²) >= 11 is 0. The van der Waals surface area contributed by atoms with E-state index in [9.17, 15) is 24.6 Å². The fourth-order valence-corrected chi connectivity index (χ4v) is 4.20. The van der Waals surface area contributed by atoms with Crippen LogP contribution in [0.4, 0.5) is 4.79 Å². The van der Waals surface area contributed by atoms with Gasteiger partial charge in [-0.15, -0.1) is 0 Å². The van der Waals surface area contributed by atoms with Crippen LogP contribution in [-0.2, 0) is 19.1 Å². The normalized spacial score (nSPS) is 27.8. The first-order chi connectivity index (χ1) is 19.9. The number of nitrogens with two attached hydrogens (primary N) is 1. The van der Waals surface area contributed by atoms with Crippen LogP contribution >= 0.6 is 0 Å². The minimum absolute atomic E-state index is 0.108. The Labute approximate surface area is 250 Å². The van der Waals surface area contributed by atoms with Crippen molar-refractivity contribution in [3.63, 3.8) is 0 Å². The largest absolute Gasteiger partial charge is 0.458 e. The van der Waals surface area contributed by atoms with Crippen LogP contribution in [0.15, 0.2) is 83.7 Å². The molecule has 1 rings (SSSR count). The van der Waals surface area contributed by atoms with Crippen LogP contribution < -0.4 is 11.1 Å². The third kappa shape index (κ3) is 16.5. The highest BCUT2D eigenvalue weighted by Crippen LogP contribution is 2.21. The van der Waals surface area contributed by atoms with Crippen molar-refractivity contribution in [3.8, 4) is 0 Å². The number of cyclic esters (lactones) is 1. The summed E-state index contributed by atoms with van der Waals surface area (Å²) in [6.07, 6.45) is 17.2. The molecule has 0 spiro atoms. The van der Waals surface area contributed by atoms with Gasteiger partial charge in [-0.1, -0.05) is 66.2 Å². The molecule has 5 N–H and O–H groups in total. The van der Waals surface area contributed by atoms with Crippen LogP contribution in [0.25, 0.3) is 0 Å². The quantitative estimate of drug-likeness (QED) is 0.145. The van der Waals surface area contributed by atoms with Gasteiger partial charge in [-0.3, -0.25) is 4.79 Å². The third-order valence-electron chi connectivity index (χ3n) is 6.36. The SMILES string of the molecule is CC(C)=CC(=O)N/C=C/C(C)=C/[C@@H](C)[C@@H]1C/C(C)=C/C=C/CCC[C@H](OC(N)=O)[C@@H](O)[C@@H](O)/C=C/CC/C=C/C(=O)O1. The van der Waals surface area contributed by atoms with E-state index in [0.29, 0.717) is 38.5 Å². The summed E-state index contributed by atoms with van der Waals surface area (Å²) in [4.78, 5) is 35.8. The van der Waals surface area contributed by atoms with Crippen LogP contribution in [-0.4, -0.2) is 52.6 Å². The molecule has 0 aliphatic carbocycles. The first kappa shape index (κ1) is 36.3. The number of aliphatic hydroxyl groups excluding tert-OH is 2. The van der Waals surface area contributed by atoms with Crippen molar-refractivity contribution in [2.75, 3.05) is 0 Å². The number of aliphatic hydroxyl groups is 2. The standard InChI is InChI=1S/C33H48N2O7/c1-23(2)20-30(37)35-19-18-25(4)21-26(5)29-22-24(3)14-10-6-8-12-16-28(42-33(34)40)32(39)27(36)15-11-7-9-13-17-31(38)41-29/h6,10-11,13-15,17-21,26-29,32,36,39H,7-9,12,16,22H2,1-5H3,(H2,34,40)(H,35,37)/b10-6+,15-11+,17-13+,19-18+,24-14+,25-21+/t26-,27+,28+,29+,32+/m1/s1. The van der Waals surface area contributed by atoms with E-state index in [-0.39, 0.29) is 11.8 Å². The summed E-state index contributed by atoms with van der Waals surface area (Å²) in [5, 5.41) is 23.5. The molecule has 9 nitrogen and oxygen atoms in total. The fraction of sp³-hybridized carbons (Fsp3) is 0.485. The fourth-order valence-electron chi connectivity index (χ4n) is 4.20. The molecule has 1 aliphatic rings. The van der Waals surface area contributed by atoms with Crippen LogP contribution in [0, 0.1) is 5.92 Å². The Kier molecular flexibility index (Phi) is 17.5. The van der Waals surface area contributed by atoms with Gasteiger partial charge in [0.15, 0.2) is 0 Å². The average Bonchev–Trinajstić information content (AvgIpc) is 2.89. The maximum absolute atomic E-state index is 12.6. The molecule has 0 aromatic heterocycles. The van der Waals surface area contributed by atoms with Crippen LogP contribution in [0.3, 0.4) is 0 Å². The van der Waals surface area contributed by atoms with Gasteiger partial charge >= 0.3 is 12.1 Å². The molecule has 0 bridgehead atoms. The van der Waals surface area contributed by atoms with Gasteiger partial charge in [0.2, 0.25) is 5.91 Å². The van der Waals surface area contributed by atoms with E-state index >= 15 is 0 Å². The van der Waals surface area contributed by atoms with E-state index < -0.39 is 36.5 Å². The molecule has 232 valence electrons. The highest BCUT2D eigenvalue weighted by atomic mass is 16.6. The maximum atomic E-state index is 12.6. The third-order valence-corrected chi connectivity index (χ3v) is 6.36. The lowest BCUT2D eigenvalue weighted by Gasteiger charge is -2.24. The van der Waals surface area contributed by atoms with Gasteiger partial charge in [-0.05, 0) is 65.9 Å². The first-order valence-corrected chi connectivity index (χ1v) is 14.4. The Hall–Kier alpha value is -3.69. The van der Waals surface area contributed by atoms with Gasteiger partial charge in [0.25, 0.3) is 0 Å². The number of carbonyl (C=O) groups excluding carboxylic acids is 3. The molecule has 2 amide bonds. The van der Waals surface area contributed by atoms with Gasteiger partial charge in [-0.25, -0.2) is 9.59 Å². The predicted molar refractivity (Wildman–Crippen MR) is 165 cm³/mol. The second-order valence-electron chi connectivity index (χ2n) is 10.7.